The standard InChI is InChI=1S/C17H29NO3/c1-13-5-7-14(8-6-13)18-15(19)11-17(12-16(20)21)9-3-2-4-10-17/h13-14H,2-12H2,1H3,(H,18,19)(H,20,21). The van der Waals surface area contributed by atoms with Crippen molar-refractivity contribution >= 4 is 11.9 Å². The maximum atomic E-state index is 12.3. The average molecular weight is 295 g/mol. The first kappa shape index (κ1) is 16.3. The lowest BCUT2D eigenvalue weighted by Gasteiger charge is -2.36. The first-order valence-corrected chi connectivity index (χ1v) is 8.50. The fourth-order valence-corrected chi connectivity index (χ4v) is 4.06. The highest BCUT2D eigenvalue weighted by Gasteiger charge is 2.36. The van der Waals surface area contributed by atoms with E-state index in [1.165, 1.54) is 19.3 Å². The number of carboxylic acids is 1. The maximum absolute atomic E-state index is 12.3. The topological polar surface area (TPSA) is 66.4 Å². The third-order valence-electron chi connectivity index (χ3n) is 5.36. The third kappa shape index (κ3) is 5.01. The van der Waals surface area contributed by atoms with Crippen LogP contribution in [0.2, 0.25) is 0 Å². The van der Waals surface area contributed by atoms with Crippen LogP contribution in [-0.4, -0.2) is 23.0 Å². The second-order valence-corrected chi connectivity index (χ2v) is 7.33. The van der Waals surface area contributed by atoms with Gasteiger partial charge in [-0.2, -0.15) is 0 Å². The van der Waals surface area contributed by atoms with E-state index in [2.05, 4.69) is 12.2 Å². The fourth-order valence-electron chi connectivity index (χ4n) is 4.06. The van der Waals surface area contributed by atoms with Gasteiger partial charge in [0.15, 0.2) is 0 Å². The first-order chi connectivity index (χ1) is 9.99. The Morgan fingerprint density at radius 3 is 2.24 bits per heavy atom. The van der Waals surface area contributed by atoms with Gasteiger partial charge in [-0.05, 0) is 49.9 Å². The van der Waals surface area contributed by atoms with Crippen molar-refractivity contribution in [2.45, 2.75) is 83.6 Å². The Bertz CT molecular complexity index is 366. The van der Waals surface area contributed by atoms with Crippen LogP contribution in [0.5, 0.6) is 0 Å². The van der Waals surface area contributed by atoms with Crippen molar-refractivity contribution in [3.63, 3.8) is 0 Å². The number of aliphatic carboxylic acids is 1. The molecule has 0 spiro atoms. The molecule has 0 unspecified atom stereocenters. The highest BCUT2D eigenvalue weighted by molar-refractivity contribution is 5.78. The normalized spacial score (nSPS) is 28.8. The number of carboxylic acid groups (broad SMARTS) is 1. The molecule has 120 valence electrons. The molecule has 2 saturated carbocycles. The highest BCUT2D eigenvalue weighted by Crippen LogP contribution is 2.42. The average Bonchev–Trinajstić information content (AvgIpc) is 2.41. The van der Waals surface area contributed by atoms with E-state index >= 15 is 0 Å². The molecule has 0 saturated heterocycles. The van der Waals surface area contributed by atoms with Gasteiger partial charge < -0.3 is 10.4 Å². The van der Waals surface area contributed by atoms with E-state index in [1.807, 2.05) is 0 Å². The summed E-state index contributed by atoms with van der Waals surface area (Å²) in [5.74, 6) is 0.0729. The third-order valence-corrected chi connectivity index (χ3v) is 5.36. The van der Waals surface area contributed by atoms with Crippen LogP contribution in [-0.2, 0) is 9.59 Å². The van der Waals surface area contributed by atoms with E-state index < -0.39 is 5.97 Å². The minimum Gasteiger partial charge on any atom is -0.481 e. The van der Waals surface area contributed by atoms with Crippen LogP contribution >= 0.6 is 0 Å². The molecule has 2 N–H and O–H groups in total. The molecule has 2 fully saturated rings. The van der Waals surface area contributed by atoms with E-state index in [1.54, 1.807) is 0 Å². The predicted molar refractivity (Wildman–Crippen MR) is 82.0 cm³/mol. The molecule has 0 aliphatic heterocycles. The Morgan fingerprint density at radius 1 is 1.05 bits per heavy atom. The molecule has 1 amide bonds. The first-order valence-electron chi connectivity index (χ1n) is 8.50. The lowest BCUT2D eigenvalue weighted by Crippen LogP contribution is -2.41. The van der Waals surface area contributed by atoms with Crippen LogP contribution in [0.25, 0.3) is 0 Å². The van der Waals surface area contributed by atoms with E-state index in [9.17, 15) is 9.59 Å². The molecule has 0 heterocycles. The van der Waals surface area contributed by atoms with Crippen LogP contribution in [0, 0.1) is 11.3 Å². The van der Waals surface area contributed by atoms with Crippen molar-refractivity contribution in [2.75, 3.05) is 0 Å². The van der Waals surface area contributed by atoms with E-state index in [-0.39, 0.29) is 17.7 Å². The summed E-state index contributed by atoms with van der Waals surface area (Å²) in [7, 11) is 0. The van der Waals surface area contributed by atoms with Crippen LogP contribution in [0.4, 0.5) is 0 Å². The SMILES string of the molecule is CC1CCC(NC(=O)CC2(CC(=O)O)CCCCC2)CC1. The maximum Gasteiger partial charge on any atom is 0.303 e. The minimum absolute atomic E-state index is 0.0673. The van der Waals surface area contributed by atoms with Crippen molar-refractivity contribution in [2.24, 2.45) is 11.3 Å². The molecule has 0 atom stereocenters. The van der Waals surface area contributed by atoms with Gasteiger partial charge in [-0.15, -0.1) is 0 Å². The summed E-state index contributed by atoms with van der Waals surface area (Å²) in [5.41, 5.74) is -0.296. The lowest BCUT2D eigenvalue weighted by molar-refractivity contribution is -0.141. The molecule has 4 nitrogen and oxygen atoms in total. The molecule has 0 aromatic carbocycles. The van der Waals surface area contributed by atoms with Gasteiger partial charge in [-0.25, -0.2) is 0 Å². The van der Waals surface area contributed by atoms with Crippen molar-refractivity contribution < 1.29 is 14.7 Å². The number of carbonyl (C=O) groups is 2. The van der Waals surface area contributed by atoms with Gasteiger partial charge >= 0.3 is 5.97 Å². The molecule has 2 rings (SSSR count). The number of carbonyl (C=O) groups excluding carboxylic acids is 1. The van der Waals surface area contributed by atoms with Crippen molar-refractivity contribution in [1.82, 2.24) is 5.32 Å². The van der Waals surface area contributed by atoms with Gasteiger partial charge in [0.05, 0.1) is 6.42 Å². The van der Waals surface area contributed by atoms with Crippen LogP contribution in [0.3, 0.4) is 0 Å². The number of hydrogen-bond acceptors (Lipinski definition) is 2. The van der Waals surface area contributed by atoms with Crippen molar-refractivity contribution in [1.29, 1.82) is 0 Å². The Hall–Kier alpha value is -1.06. The second kappa shape index (κ2) is 7.28. The summed E-state index contributed by atoms with van der Waals surface area (Å²) in [4.78, 5) is 23.5. The number of hydrogen-bond donors (Lipinski definition) is 2. The van der Waals surface area contributed by atoms with Crippen LogP contribution in [0.1, 0.15) is 77.6 Å². The number of amides is 1. The van der Waals surface area contributed by atoms with Gasteiger partial charge in [0, 0.05) is 12.5 Å². The molecule has 0 aromatic heterocycles. The second-order valence-electron chi connectivity index (χ2n) is 7.33. The monoisotopic (exact) mass is 295 g/mol. The summed E-state index contributed by atoms with van der Waals surface area (Å²) in [5, 5.41) is 12.3. The molecule has 0 radical (unpaired) electrons. The summed E-state index contributed by atoms with van der Waals surface area (Å²) in [6.45, 7) is 2.27. The Balaban J connectivity index is 1.87. The lowest BCUT2D eigenvalue weighted by atomic mass is 9.69. The van der Waals surface area contributed by atoms with Crippen molar-refractivity contribution in [3.8, 4) is 0 Å². The van der Waals surface area contributed by atoms with Crippen molar-refractivity contribution in [3.05, 3.63) is 0 Å². The molecule has 0 aromatic rings. The summed E-state index contributed by atoms with van der Waals surface area (Å²) >= 11 is 0. The highest BCUT2D eigenvalue weighted by atomic mass is 16.4. The minimum atomic E-state index is -0.767. The van der Waals surface area contributed by atoms with Crippen LogP contribution in [0.15, 0.2) is 0 Å². The largest absolute Gasteiger partial charge is 0.481 e. The van der Waals surface area contributed by atoms with Gasteiger partial charge in [-0.3, -0.25) is 9.59 Å². The van der Waals surface area contributed by atoms with Gasteiger partial charge in [-0.1, -0.05) is 26.2 Å². The molecular formula is C17H29NO3. The Morgan fingerprint density at radius 2 is 1.67 bits per heavy atom. The summed E-state index contributed by atoms with van der Waals surface area (Å²) < 4.78 is 0. The van der Waals surface area contributed by atoms with Gasteiger partial charge in [0.25, 0.3) is 0 Å². The summed E-state index contributed by atoms with van der Waals surface area (Å²) in [6, 6.07) is 0.305. The zero-order valence-corrected chi connectivity index (χ0v) is 13.2. The molecule has 2 aliphatic rings. The molecule has 4 heteroatoms. The summed E-state index contributed by atoms with van der Waals surface area (Å²) in [6.07, 6.45) is 10.1. The van der Waals surface area contributed by atoms with Gasteiger partial charge in [0.1, 0.15) is 0 Å². The zero-order valence-electron chi connectivity index (χ0n) is 13.2. The number of rotatable bonds is 5. The van der Waals surface area contributed by atoms with E-state index in [0.29, 0.717) is 12.5 Å². The Labute approximate surface area is 127 Å². The smallest absolute Gasteiger partial charge is 0.303 e. The van der Waals surface area contributed by atoms with Crippen LogP contribution < -0.4 is 5.32 Å². The van der Waals surface area contributed by atoms with E-state index in [0.717, 1.165) is 44.4 Å². The molecule has 2 aliphatic carbocycles. The van der Waals surface area contributed by atoms with Gasteiger partial charge in [0.2, 0.25) is 5.91 Å². The fraction of sp³-hybridized carbons (Fsp3) is 0.882. The molecule has 21 heavy (non-hydrogen) atoms. The number of nitrogens with one attached hydrogen (secondary N) is 1. The van der Waals surface area contributed by atoms with E-state index in [4.69, 9.17) is 5.11 Å². The predicted octanol–water partition coefficient (Wildman–Crippen LogP) is 3.50. The Kier molecular flexibility index (Phi) is 5.65. The quantitative estimate of drug-likeness (QED) is 0.816. The molecular weight excluding hydrogens is 266 g/mol. The zero-order chi connectivity index (χ0) is 15.3. The molecule has 0 bridgehead atoms.